The third-order valence-electron chi connectivity index (χ3n) is 4.42. The van der Waals surface area contributed by atoms with Crippen molar-refractivity contribution in [1.29, 1.82) is 0 Å². The van der Waals surface area contributed by atoms with E-state index in [-0.39, 0.29) is 10.7 Å². The molecule has 0 saturated carbocycles. The number of rotatable bonds is 5. The molecule has 0 N–H and O–H groups in total. The fourth-order valence-corrected chi connectivity index (χ4v) is 4.43. The first-order valence-corrected chi connectivity index (χ1v) is 10.1. The summed E-state index contributed by atoms with van der Waals surface area (Å²) < 4.78 is 27.0. The van der Waals surface area contributed by atoms with Gasteiger partial charge in [0, 0.05) is 44.5 Å². The van der Waals surface area contributed by atoms with Gasteiger partial charge in [-0.15, -0.1) is 0 Å². The molecule has 1 aliphatic heterocycles. The number of halogens is 1. The first-order chi connectivity index (χ1) is 12.4. The quantitative estimate of drug-likeness (QED) is 0.576. The van der Waals surface area contributed by atoms with Crippen LogP contribution in [0.3, 0.4) is 0 Å². The predicted molar refractivity (Wildman–Crippen MR) is 99.7 cm³/mol. The van der Waals surface area contributed by atoms with Crippen LogP contribution in [0.1, 0.15) is 22.8 Å². The molecule has 3 rings (SSSR count). The number of hydrogen-bond donors (Lipinski definition) is 0. The molecule has 26 heavy (non-hydrogen) atoms. The number of carbonyl (C=O) groups is 1. The standard InChI is InChI=1S/C18H20ClN3O3S/c1-14(23)16-3-5-17(6-4-16)26(24,25)22-10-8-21(9-11-22)13-15-2-7-18(19)20-12-15/h2-7,12H,8-11,13H2,1H3. The van der Waals surface area contributed by atoms with Crippen LogP contribution in [0.15, 0.2) is 47.5 Å². The summed E-state index contributed by atoms with van der Waals surface area (Å²) in [6, 6.07) is 9.78. The molecule has 0 spiro atoms. The van der Waals surface area contributed by atoms with Gasteiger partial charge in [-0.05, 0) is 30.7 Å². The Morgan fingerprint density at radius 3 is 2.27 bits per heavy atom. The van der Waals surface area contributed by atoms with Gasteiger partial charge in [0.15, 0.2) is 5.78 Å². The van der Waals surface area contributed by atoms with Gasteiger partial charge in [0.1, 0.15) is 5.15 Å². The van der Waals surface area contributed by atoms with Crippen LogP contribution in [-0.2, 0) is 16.6 Å². The van der Waals surface area contributed by atoms with E-state index in [0.717, 1.165) is 5.56 Å². The normalized spacial score (nSPS) is 16.5. The Morgan fingerprint density at radius 2 is 1.73 bits per heavy atom. The minimum Gasteiger partial charge on any atom is -0.296 e. The van der Waals surface area contributed by atoms with Crippen LogP contribution in [0.25, 0.3) is 0 Å². The zero-order valence-corrected chi connectivity index (χ0v) is 16.0. The molecule has 1 aromatic heterocycles. The van der Waals surface area contributed by atoms with Crippen molar-refractivity contribution in [1.82, 2.24) is 14.2 Å². The molecule has 2 aromatic rings. The van der Waals surface area contributed by atoms with Gasteiger partial charge >= 0.3 is 0 Å². The lowest BCUT2D eigenvalue weighted by Gasteiger charge is -2.34. The number of carbonyl (C=O) groups excluding carboxylic acids is 1. The molecule has 0 radical (unpaired) electrons. The molecule has 1 aromatic carbocycles. The summed E-state index contributed by atoms with van der Waals surface area (Å²) in [5.74, 6) is -0.0840. The third kappa shape index (κ3) is 4.29. The molecule has 1 aliphatic rings. The number of aromatic nitrogens is 1. The zero-order valence-electron chi connectivity index (χ0n) is 14.4. The van der Waals surface area contributed by atoms with E-state index in [4.69, 9.17) is 11.6 Å². The van der Waals surface area contributed by atoms with Crippen molar-refractivity contribution >= 4 is 27.4 Å². The summed E-state index contributed by atoms with van der Waals surface area (Å²) in [5, 5.41) is 0.459. The van der Waals surface area contributed by atoms with Crippen LogP contribution >= 0.6 is 11.6 Å². The predicted octanol–water partition coefficient (Wildman–Crippen LogP) is 2.44. The number of pyridine rings is 1. The zero-order chi connectivity index (χ0) is 18.7. The molecule has 0 bridgehead atoms. The molecule has 8 heteroatoms. The van der Waals surface area contributed by atoms with Gasteiger partial charge in [-0.25, -0.2) is 13.4 Å². The summed E-state index contributed by atoms with van der Waals surface area (Å²) in [4.78, 5) is 17.8. The lowest BCUT2D eigenvalue weighted by Crippen LogP contribution is -2.48. The van der Waals surface area contributed by atoms with Gasteiger partial charge < -0.3 is 0 Å². The maximum Gasteiger partial charge on any atom is 0.243 e. The minimum atomic E-state index is -3.54. The maximum absolute atomic E-state index is 12.8. The van der Waals surface area contributed by atoms with E-state index in [0.29, 0.717) is 43.4 Å². The van der Waals surface area contributed by atoms with Crippen LogP contribution < -0.4 is 0 Å². The van der Waals surface area contributed by atoms with E-state index in [1.807, 2.05) is 6.07 Å². The Hall–Kier alpha value is -1.80. The van der Waals surface area contributed by atoms with E-state index in [1.165, 1.54) is 23.4 Å². The summed E-state index contributed by atoms with van der Waals surface area (Å²) in [6.45, 7) is 4.32. The Morgan fingerprint density at radius 1 is 1.08 bits per heavy atom. The molecule has 2 heterocycles. The summed E-state index contributed by atoms with van der Waals surface area (Å²) in [5.41, 5.74) is 1.55. The topological polar surface area (TPSA) is 70.6 Å². The minimum absolute atomic E-state index is 0.0840. The molecule has 138 valence electrons. The SMILES string of the molecule is CC(=O)c1ccc(S(=O)(=O)N2CCN(Cc3ccc(Cl)nc3)CC2)cc1. The summed E-state index contributed by atoms with van der Waals surface area (Å²) in [7, 11) is -3.54. The first kappa shape index (κ1) is 19.0. The molecule has 0 aliphatic carbocycles. The fourth-order valence-electron chi connectivity index (χ4n) is 2.90. The number of hydrogen-bond acceptors (Lipinski definition) is 5. The number of piperazine rings is 1. The van der Waals surface area contributed by atoms with Crippen LogP contribution in [0, 0.1) is 0 Å². The Kier molecular flexibility index (Phi) is 5.72. The van der Waals surface area contributed by atoms with Crippen molar-refractivity contribution in [3.05, 3.63) is 58.9 Å². The van der Waals surface area contributed by atoms with Crippen LogP contribution in [0.2, 0.25) is 5.15 Å². The summed E-state index contributed by atoms with van der Waals surface area (Å²) in [6.07, 6.45) is 1.74. The van der Waals surface area contributed by atoms with Crippen molar-refractivity contribution in [2.45, 2.75) is 18.4 Å². The van der Waals surface area contributed by atoms with Crippen molar-refractivity contribution < 1.29 is 13.2 Å². The van der Waals surface area contributed by atoms with Crippen LogP contribution in [0.5, 0.6) is 0 Å². The Bertz CT molecular complexity index is 875. The summed E-state index contributed by atoms with van der Waals surface area (Å²) >= 11 is 5.79. The van der Waals surface area contributed by atoms with Crippen LogP contribution in [0.4, 0.5) is 0 Å². The third-order valence-corrected chi connectivity index (χ3v) is 6.56. The number of benzene rings is 1. The lowest BCUT2D eigenvalue weighted by molar-refractivity contribution is 0.101. The smallest absolute Gasteiger partial charge is 0.243 e. The highest BCUT2D eigenvalue weighted by atomic mass is 35.5. The highest BCUT2D eigenvalue weighted by Gasteiger charge is 2.28. The highest BCUT2D eigenvalue weighted by molar-refractivity contribution is 7.89. The average Bonchev–Trinajstić information content (AvgIpc) is 2.64. The lowest BCUT2D eigenvalue weighted by atomic mass is 10.2. The van der Waals surface area contributed by atoms with Crippen molar-refractivity contribution in [2.75, 3.05) is 26.2 Å². The Balaban J connectivity index is 1.62. The molecule has 1 saturated heterocycles. The molecule has 6 nitrogen and oxygen atoms in total. The van der Waals surface area contributed by atoms with E-state index >= 15 is 0 Å². The van der Waals surface area contributed by atoms with Gasteiger partial charge in [-0.2, -0.15) is 4.31 Å². The second kappa shape index (κ2) is 7.84. The van der Waals surface area contributed by atoms with Gasteiger partial charge in [0.2, 0.25) is 10.0 Å². The maximum atomic E-state index is 12.8. The molecule has 0 unspecified atom stereocenters. The van der Waals surface area contributed by atoms with E-state index in [1.54, 1.807) is 24.4 Å². The van der Waals surface area contributed by atoms with Crippen molar-refractivity contribution in [2.24, 2.45) is 0 Å². The van der Waals surface area contributed by atoms with E-state index in [9.17, 15) is 13.2 Å². The largest absolute Gasteiger partial charge is 0.296 e. The molecule has 1 fully saturated rings. The number of ketones is 1. The first-order valence-electron chi connectivity index (χ1n) is 8.30. The van der Waals surface area contributed by atoms with Crippen molar-refractivity contribution in [3.63, 3.8) is 0 Å². The fraction of sp³-hybridized carbons (Fsp3) is 0.333. The van der Waals surface area contributed by atoms with E-state index < -0.39 is 10.0 Å². The van der Waals surface area contributed by atoms with Gasteiger partial charge in [0.25, 0.3) is 0 Å². The number of nitrogens with zero attached hydrogens (tertiary/aromatic N) is 3. The number of sulfonamides is 1. The second-order valence-electron chi connectivity index (χ2n) is 6.25. The van der Waals surface area contributed by atoms with Gasteiger partial charge in [-0.1, -0.05) is 29.8 Å². The number of Topliss-reactive ketones (excluding diaryl/α,β-unsaturated/α-hetero) is 1. The van der Waals surface area contributed by atoms with Crippen LogP contribution in [-0.4, -0.2) is 54.6 Å². The van der Waals surface area contributed by atoms with Gasteiger partial charge in [-0.3, -0.25) is 9.69 Å². The highest BCUT2D eigenvalue weighted by Crippen LogP contribution is 2.19. The van der Waals surface area contributed by atoms with Crippen molar-refractivity contribution in [3.8, 4) is 0 Å². The molecular formula is C18H20ClN3O3S. The molecule has 0 amide bonds. The van der Waals surface area contributed by atoms with E-state index in [2.05, 4.69) is 9.88 Å². The second-order valence-corrected chi connectivity index (χ2v) is 8.58. The van der Waals surface area contributed by atoms with Gasteiger partial charge in [0.05, 0.1) is 4.90 Å². The Labute approximate surface area is 158 Å². The average molecular weight is 394 g/mol. The monoisotopic (exact) mass is 393 g/mol. The molecule has 0 atom stereocenters. The molecular weight excluding hydrogens is 374 g/mol.